The largest absolute Gasteiger partial charge is 0.396 e. The molecule has 0 unspecified atom stereocenters. The maximum atomic E-state index is 11.6. The van der Waals surface area contributed by atoms with E-state index in [4.69, 9.17) is 10.8 Å². The number of nitrogens with zero attached hydrogens (tertiary/aromatic N) is 4. The zero-order chi connectivity index (χ0) is 13.4. The molecule has 1 aliphatic carbocycles. The number of nitrogens with two attached hydrogens (primary N) is 1. The van der Waals surface area contributed by atoms with E-state index in [-0.39, 0.29) is 23.6 Å². The van der Waals surface area contributed by atoms with E-state index < -0.39 is 0 Å². The number of rotatable bonds is 3. The van der Waals surface area contributed by atoms with Gasteiger partial charge >= 0.3 is 0 Å². The van der Waals surface area contributed by atoms with Gasteiger partial charge in [-0.3, -0.25) is 9.78 Å². The van der Waals surface area contributed by atoms with Gasteiger partial charge in [0.25, 0.3) is 5.56 Å². The van der Waals surface area contributed by atoms with Crippen molar-refractivity contribution in [2.24, 2.45) is 11.8 Å². The molecule has 4 N–H and O–H groups in total. The summed E-state index contributed by atoms with van der Waals surface area (Å²) in [5.74, 6) is 0.881. The fourth-order valence-corrected chi connectivity index (χ4v) is 2.76. The minimum Gasteiger partial charge on any atom is -0.396 e. The maximum absolute atomic E-state index is 11.6. The predicted molar refractivity (Wildman–Crippen MR) is 68.3 cm³/mol. The number of anilines is 1. The quantitative estimate of drug-likeness (QED) is 0.687. The third-order valence-corrected chi connectivity index (χ3v) is 3.73. The number of nitrogen functional groups attached to an aromatic ring is 1. The lowest BCUT2D eigenvalue weighted by Gasteiger charge is -2.09. The van der Waals surface area contributed by atoms with Crippen molar-refractivity contribution in [2.75, 3.05) is 12.3 Å². The van der Waals surface area contributed by atoms with Gasteiger partial charge in [0, 0.05) is 13.2 Å². The van der Waals surface area contributed by atoms with Gasteiger partial charge in [0.2, 0.25) is 5.95 Å². The van der Waals surface area contributed by atoms with Crippen LogP contribution in [0.4, 0.5) is 5.95 Å². The van der Waals surface area contributed by atoms with Crippen molar-refractivity contribution >= 4 is 17.1 Å². The molecular formula is C11H16N6O2. The minimum absolute atomic E-state index is 0.0701. The summed E-state index contributed by atoms with van der Waals surface area (Å²) >= 11 is 0. The summed E-state index contributed by atoms with van der Waals surface area (Å²) in [6, 6.07) is 0. The smallest absolute Gasteiger partial charge is 0.282 e. The van der Waals surface area contributed by atoms with Crippen LogP contribution in [0.3, 0.4) is 0 Å². The number of aromatic amines is 1. The summed E-state index contributed by atoms with van der Waals surface area (Å²) in [5, 5.41) is 17.0. The average molecular weight is 264 g/mol. The van der Waals surface area contributed by atoms with E-state index in [2.05, 4.69) is 20.3 Å². The summed E-state index contributed by atoms with van der Waals surface area (Å²) in [5.41, 5.74) is 5.81. The molecule has 0 amide bonds. The fraction of sp³-hybridized carbons (Fsp3) is 0.636. The number of aromatic nitrogens is 5. The molecule has 102 valence electrons. The first-order chi connectivity index (χ1) is 9.17. The lowest BCUT2D eigenvalue weighted by molar-refractivity contribution is 0.224. The molecule has 0 bridgehead atoms. The monoisotopic (exact) mass is 264 g/mol. The van der Waals surface area contributed by atoms with Gasteiger partial charge in [0.05, 0.1) is 0 Å². The highest BCUT2D eigenvalue weighted by molar-refractivity contribution is 5.69. The van der Waals surface area contributed by atoms with Gasteiger partial charge in [-0.05, 0) is 31.1 Å². The molecule has 2 aromatic heterocycles. The average Bonchev–Trinajstić information content (AvgIpc) is 2.97. The zero-order valence-electron chi connectivity index (χ0n) is 10.4. The van der Waals surface area contributed by atoms with E-state index in [1.165, 1.54) is 0 Å². The van der Waals surface area contributed by atoms with Crippen molar-refractivity contribution in [3.8, 4) is 0 Å². The van der Waals surface area contributed by atoms with Gasteiger partial charge in [0.15, 0.2) is 11.2 Å². The Balaban J connectivity index is 1.88. The van der Waals surface area contributed by atoms with E-state index in [1.807, 2.05) is 0 Å². The molecule has 1 aliphatic rings. The first kappa shape index (κ1) is 12.1. The van der Waals surface area contributed by atoms with E-state index in [1.54, 1.807) is 4.68 Å². The van der Waals surface area contributed by atoms with Crippen molar-refractivity contribution in [3.63, 3.8) is 0 Å². The van der Waals surface area contributed by atoms with Crippen LogP contribution in [-0.4, -0.2) is 36.7 Å². The molecule has 0 aliphatic heterocycles. The predicted octanol–water partition coefficient (Wildman–Crippen LogP) is -0.495. The van der Waals surface area contributed by atoms with E-state index in [0.29, 0.717) is 24.0 Å². The van der Waals surface area contributed by atoms with Crippen LogP contribution in [0.5, 0.6) is 0 Å². The zero-order valence-corrected chi connectivity index (χ0v) is 10.4. The van der Waals surface area contributed by atoms with Crippen LogP contribution < -0.4 is 11.3 Å². The SMILES string of the molecule is Nc1nc2c(nnn2C[C@H]2CC[C@@H](CO)C2)c(=O)[nH]1. The Morgan fingerprint density at radius 3 is 2.95 bits per heavy atom. The molecule has 2 aromatic rings. The van der Waals surface area contributed by atoms with Crippen LogP contribution in [0, 0.1) is 11.8 Å². The highest BCUT2D eigenvalue weighted by atomic mass is 16.3. The topological polar surface area (TPSA) is 123 Å². The van der Waals surface area contributed by atoms with E-state index in [9.17, 15) is 4.79 Å². The maximum Gasteiger partial charge on any atom is 0.282 e. The van der Waals surface area contributed by atoms with Crippen LogP contribution in [0.1, 0.15) is 19.3 Å². The molecule has 1 fully saturated rings. The second-order valence-corrected chi connectivity index (χ2v) is 5.12. The summed E-state index contributed by atoms with van der Waals surface area (Å²) in [4.78, 5) is 18.1. The molecule has 2 atom stereocenters. The lowest BCUT2D eigenvalue weighted by atomic mass is 10.1. The second kappa shape index (κ2) is 4.61. The van der Waals surface area contributed by atoms with Gasteiger partial charge < -0.3 is 10.8 Å². The van der Waals surface area contributed by atoms with Crippen molar-refractivity contribution in [1.82, 2.24) is 25.0 Å². The van der Waals surface area contributed by atoms with Gasteiger partial charge in [0.1, 0.15) is 0 Å². The molecular weight excluding hydrogens is 248 g/mol. The van der Waals surface area contributed by atoms with Crippen LogP contribution in [0.25, 0.3) is 11.2 Å². The Hall–Kier alpha value is -1.96. The molecule has 19 heavy (non-hydrogen) atoms. The standard InChI is InChI=1S/C11H16N6O2/c12-11-13-9-8(10(19)14-11)15-16-17(9)4-6-1-2-7(3-6)5-18/h6-7,18H,1-5H2,(H3,12,13,14,19)/t6-,7+/m0/s1. The fourth-order valence-electron chi connectivity index (χ4n) is 2.76. The van der Waals surface area contributed by atoms with E-state index in [0.717, 1.165) is 19.3 Å². The molecule has 1 saturated carbocycles. The molecule has 0 radical (unpaired) electrons. The molecule has 3 rings (SSSR count). The van der Waals surface area contributed by atoms with Gasteiger partial charge in [-0.2, -0.15) is 4.98 Å². The Bertz CT molecular complexity index is 648. The summed E-state index contributed by atoms with van der Waals surface area (Å²) in [7, 11) is 0. The van der Waals surface area contributed by atoms with Crippen molar-refractivity contribution < 1.29 is 5.11 Å². The van der Waals surface area contributed by atoms with E-state index >= 15 is 0 Å². The first-order valence-electron chi connectivity index (χ1n) is 6.37. The molecule has 8 nitrogen and oxygen atoms in total. The van der Waals surface area contributed by atoms with Gasteiger partial charge in [-0.25, -0.2) is 4.68 Å². The van der Waals surface area contributed by atoms with Crippen LogP contribution in [0.2, 0.25) is 0 Å². The number of H-pyrrole nitrogens is 1. The normalized spacial score (nSPS) is 23.2. The highest BCUT2D eigenvalue weighted by Crippen LogP contribution is 2.31. The summed E-state index contributed by atoms with van der Waals surface area (Å²) in [6.07, 6.45) is 3.05. The summed E-state index contributed by atoms with van der Waals surface area (Å²) < 4.78 is 1.63. The van der Waals surface area contributed by atoms with Crippen LogP contribution in [-0.2, 0) is 6.54 Å². The number of nitrogens with one attached hydrogen (secondary N) is 1. The minimum atomic E-state index is -0.367. The third-order valence-electron chi connectivity index (χ3n) is 3.73. The van der Waals surface area contributed by atoms with Crippen LogP contribution >= 0.6 is 0 Å². The van der Waals surface area contributed by atoms with Gasteiger partial charge in [-0.15, -0.1) is 5.10 Å². The molecule has 0 saturated heterocycles. The summed E-state index contributed by atoms with van der Waals surface area (Å²) in [6.45, 7) is 0.891. The first-order valence-corrected chi connectivity index (χ1v) is 6.37. The molecule has 8 heteroatoms. The van der Waals surface area contributed by atoms with Crippen molar-refractivity contribution in [1.29, 1.82) is 0 Å². The van der Waals surface area contributed by atoms with Crippen molar-refractivity contribution in [3.05, 3.63) is 10.4 Å². The van der Waals surface area contributed by atoms with Crippen molar-refractivity contribution in [2.45, 2.75) is 25.8 Å². The lowest BCUT2D eigenvalue weighted by Crippen LogP contribution is -2.14. The Morgan fingerprint density at radius 1 is 1.42 bits per heavy atom. The Kier molecular flexibility index (Phi) is 2.94. The number of aliphatic hydroxyl groups is 1. The highest BCUT2D eigenvalue weighted by Gasteiger charge is 2.25. The molecule has 2 heterocycles. The Morgan fingerprint density at radius 2 is 2.21 bits per heavy atom. The molecule has 0 spiro atoms. The second-order valence-electron chi connectivity index (χ2n) is 5.12. The number of hydrogen-bond donors (Lipinski definition) is 3. The third kappa shape index (κ3) is 2.19. The number of aliphatic hydroxyl groups excluding tert-OH is 1. The number of hydrogen-bond acceptors (Lipinski definition) is 6. The Labute approximate surface area is 108 Å². The number of fused-ring (bicyclic) bond motifs is 1. The van der Waals surface area contributed by atoms with Crippen LogP contribution in [0.15, 0.2) is 4.79 Å². The molecule has 0 aromatic carbocycles. The van der Waals surface area contributed by atoms with Gasteiger partial charge in [-0.1, -0.05) is 5.21 Å².